The third-order valence-electron chi connectivity index (χ3n) is 2.39. The lowest BCUT2D eigenvalue weighted by molar-refractivity contribution is 0.356. The van der Waals surface area contributed by atoms with Crippen LogP contribution < -0.4 is 9.47 Å². The highest BCUT2D eigenvalue weighted by Crippen LogP contribution is 2.36. The standard InChI is InChI=1S/C12H14N2O2/c1-14-8-7-10(13-14)9-5-4-6-11(15-2)12(9)16-3/h4-8H,1-3H3. The van der Waals surface area contributed by atoms with Crippen LogP contribution >= 0.6 is 0 Å². The Bertz CT molecular complexity index is 492. The summed E-state index contributed by atoms with van der Waals surface area (Å²) >= 11 is 0. The second-order valence-corrected chi connectivity index (χ2v) is 3.42. The van der Waals surface area contributed by atoms with Crippen LogP contribution in [0.25, 0.3) is 11.3 Å². The number of rotatable bonds is 3. The predicted octanol–water partition coefficient (Wildman–Crippen LogP) is 2.10. The van der Waals surface area contributed by atoms with Gasteiger partial charge < -0.3 is 9.47 Å². The molecule has 0 aliphatic carbocycles. The minimum absolute atomic E-state index is 0.712. The highest BCUT2D eigenvalue weighted by Gasteiger charge is 2.12. The summed E-state index contributed by atoms with van der Waals surface area (Å²) in [7, 11) is 5.14. The molecule has 4 heteroatoms. The van der Waals surface area contributed by atoms with Crippen LogP contribution in [0.3, 0.4) is 0 Å². The first-order chi connectivity index (χ1) is 7.76. The van der Waals surface area contributed by atoms with Gasteiger partial charge in [0.05, 0.1) is 19.9 Å². The molecular formula is C12H14N2O2. The van der Waals surface area contributed by atoms with E-state index < -0.39 is 0 Å². The van der Waals surface area contributed by atoms with Crippen molar-refractivity contribution in [3.05, 3.63) is 30.5 Å². The van der Waals surface area contributed by atoms with Crippen LogP contribution in [0.15, 0.2) is 30.5 Å². The van der Waals surface area contributed by atoms with E-state index in [1.54, 1.807) is 18.9 Å². The van der Waals surface area contributed by atoms with Gasteiger partial charge >= 0.3 is 0 Å². The lowest BCUT2D eigenvalue weighted by Crippen LogP contribution is -1.94. The van der Waals surface area contributed by atoms with Gasteiger partial charge in [-0.1, -0.05) is 6.07 Å². The van der Waals surface area contributed by atoms with Gasteiger partial charge in [-0.3, -0.25) is 4.68 Å². The fourth-order valence-electron chi connectivity index (χ4n) is 1.65. The van der Waals surface area contributed by atoms with Gasteiger partial charge in [0, 0.05) is 18.8 Å². The molecule has 1 heterocycles. The van der Waals surface area contributed by atoms with Crippen LogP contribution in [0.1, 0.15) is 0 Å². The second-order valence-electron chi connectivity index (χ2n) is 3.42. The second kappa shape index (κ2) is 4.26. The summed E-state index contributed by atoms with van der Waals surface area (Å²) in [6.07, 6.45) is 1.90. The fourth-order valence-corrected chi connectivity index (χ4v) is 1.65. The van der Waals surface area contributed by atoms with Gasteiger partial charge in [-0.15, -0.1) is 0 Å². The number of methoxy groups -OCH3 is 2. The topological polar surface area (TPSA) is 36.3 Å². The Morgan fingerprint density at radius 1 is 1.12 bits per heavy atom. The van der Waals surface area contributed by atoms with Gasteiger partial charge in [-0.05, 0) is 18.2 Å². The average molecular weight is 218 g/mol. The number of hydrogen-bond donors (Lipinski definition) is 0. The molecule has 84 valence electrons. The zero-order chi connectivity index (χ0) is 11.5. The van der Waals surface area contributed by atoms with Gasteiger partial charge in [0.15, 0.2) is 11.5 Å². The maximum Gasteiger partial charge on any atom is 0.170 e. The summed E-state index contributed by atoms with van der Waals surface area (Å²) in [4.78, 5) is 0. The number of nitrogens with zero attached hydrogens (tertiary/aromatic N) is 2. The first-order valence-corrected chi connectivity index (χ1v) is 4.97. The van der Waals surface area contributed by atoms with Crippen LogP contribution in [-0.4, -0.2) is 24.0 Å². The first kappa shape index (κ1) is 10.5. The molecule has 1 aromatic heterocycles. The van der Waals surface area contributed by atoms with Crippen molar-refractivity contribution in [1.29, 1.82) is 0 Å². The van der Waals surface area contributed by atoms with Crippen LogP contribution in [-0.2, 0) is 7.05 Å². The zero-order valence-electron chi connectivity index (χ0n) is 9.60. The van der Waals surface area contributed by atoms with Crippen molar-refractivity contribution in [2.24, 2.45) is 7.05 Å². The predicted molar refractivity (Wildman–Crippen MR) is 61.7 cm³/mol. The van der Waals surface area contributed by atoms with Gasteiger partial charge in [0.25, 0.3) is 0 Å². The van der Waals surface area contributed by atoms with Crippen molar-refractivity contribution in [3.63, 3.8) is 0 Å². The monoisotopic (exact) mass is 218 g/mol. The number of aryl methyl sites for hydroxylation is 1. The summed E-state index contributed by atoms with van der Waals surface area (Å²) < 4.78 is 12.4. The van der Waals surface area contributed by atoms with Gasteiger partial charge in [-0.25, -0.2) is 0 Å². The molecule has 0 bridgehead atoms. The Labute approximate surface area is 94.4 Å². The quantitative estimate of drug-likeness (QED) is 0.791. The molecular weight excluding hydrogens is 204 g/mol. The van der Waals surface area contributed by atoms with Crippen molar-refractivity contribution < 1.29 is 9.47 Å². The Morgan fingerprint density at radius 2 is 1.94 bits per heavy atom. The Hall–Kier alpha value is -1.97. The van der Waals surface area contributed by atoms with Crippen LogP contribution in [0.4, 0.5) is 0 Å². The van der Waals surface area contributed by atoms with E-state index in [0.29, 0.717) is 11.5 Å². The summed E-state index contributed by atoms with van der Waals surface area (Å²) in [5.41, 5.74) is 1.81. The molecule has 0 saturated carbocycles. The summed E-state index contributed by atoms with van der Waals surface area (Å²) in [5, 5.41) is 4.35. The molecule has 1 aromatic carbocycles. The number of hydrogen-bond acceptors (Lipinski definition) is 3. The third kappa shape index (κ3) is 1.74. The van der Waals surface area contributed by atoms with E-state index in [4.69, 9.17) is 9.47 Å². The summed E-state index contributed by atoms with van der Waals surface area (Å²) in [6, 6.07) is 7.69. The molecule has 0 aliphatic heterocycles. The summed E-state index contributed by atoms with van der Waals surface area (Å²) in [5.74, 6) is 1.43. The van der Waals surface area contributed by atoms with Crippen molar-refractivity contribution in [3.8, 4) is 22.8 Å². The average Bonchev–Trinajstić information content (AvgIpc) is 2.74. The smallest absolute Gasteiger partial charge is 0.170 e. The van der Waals surface area contributed by atoms with Gasteiger partial charge in [0.2, 0.25) is 0 Å². The van der Waals surface area contributed by atoms with Crippen molar-refractivity contribution in [2.45, 2.75) is 0 Å². The van der Waals surface area contributed by atoms with Gasteiger partial charge in [0.1, 0.15) is 0 Å². The Balaban J connectivity index is 2.56. The van der Waals surface area contributed by atoms with Crippen molar-refractivity contribution in [1.82, 2.24) is 9.78 Å². The Morgan fingerprint density at radius 3 is 2.50 bits per heavy atom. The molecule has 0 spiro atoms. The molecule has 2 rings (SSSR count). The lowest BCUT2D eigenvalue weighted by atomic mass is 10.1. The van der Waals surface area contributed by atoms with E-state index in [1.807, 2.05) is 37.5 Å². The van der Waals surface area contributed by atoms with E-state index in [-0.39, 0.29) is 0 Å². The molecule has 4 nitrogen and oxygen atoms in total. The molecule has 0 atom stereocenters. The normalized spacial score (nSPS) is 10.2. The minimum Gasteiger partial charge on any atom is -0.493 e. The number of aromatic nitrogens is 2. The van der Waals surface area contributed by atoms with E-state index in [2.05, 4.69) is 5.10 Å². The minimum atomic E-state index is 0.712. The van der Waals surface area contributed by atoms with Crippen LogP contribution in [0.5, 0.6) is 11.5 Å². The van der Waals surface area contributed by atoms with Crippen LogP contribution in [0, 0.1) is 0 Å². The van der Waals surface area contributed by atoms with Crippen molar-refractivity contribution >= 4 is 0 Å². The maximum absolute atomic E-state index is 5.36. The largest absolute Gasteiger partial charge is 0.493 e. The van der Waals surface area contributed by atoms with E-state index in [1.165, 1.54) is 0 Å². The number of para-hydroxylation sites is 1. The molecule has 0 saturated heterocycles. The fraction of sp³-hybridized carbons (Fsp3) is 0.250. The first-order valence-electron chi connectivity index (χ1n) is 4.97. The molecule has 2 aromatic rings. The van der Waals surface area contributed by atoms with Gasteiger partial charge in [-0.2, -0.15) is 5.10 Å². The van der Waals surface area contributed by atoms with E-state index in [9.17, 15) is 0 Å². The van der Waals surface area contributed by atoms with E-state index in [0.717, 1.165) is 11.3 Å². The van der Waals surface area contributed by atoms with Crippen LogP contribution in [0.2, 0.25) is 0 Å². The highest BCUT2D eigenvalue weighted by molar-refractivity contribution is 5.70. The van der Waals surface area contributed by atoms with E-state index >= 15 is 0 Å². The summed E-state index contributed by atoms with van der Waals surface area (Å²) in [6.45, 7) is 0. The molecule has 0 aliphatic rings. The molecule has 0 radical (unpaired) electrons. The zero-order valence-corrected chi connectivity index (χ0v) is 9.60. The lowest BCUT2D eigenvalue weighted by Gasteiger charge is -2.10. The molecule has 0 fully saturated rings. The number of ether oxygens (including phenoxy) is 2. The molecule has 0 unspecified atom stereocenters. The van der Waals surface area contributed by atoms with Crippen molar-refractivity contribution in [2.75, 3.05) is 14.2 Å². The molecule has 16 heavy (non-hydrogen) atoms. The Kier molecular flexibility index (Phi) is 2.81. The molecule has 0 N–H and O–H groups in total. The highest BCUT2D eigenvalue weighted by atomic mass is 16.5. The maximum atomic E-state index is 5.36. The SMILES string of the molecule is COc1cccc(-c2ccn(C)n2)c1OC. The molecule has 0 amide bonds. The number of benzene rings is 1. The third-order valence-corrected chi connectivity index (χ3v) is 2.39.